The molecule has 5 nitrogen and oxygen atoms in total. The van der Waals surface area contributed by atoms with Gasteiger partial charge in [-0.15, -0.1) is 0 Å². The summed E-state index contributed by atoms with van der Waals surface area (Å²) in [5.41, 5.74) is 2.03. The Morgan fingerprint density at radius 1 is 1.26 bits per heavy atom. The Hall–Kier alpha value is -1.59. The maximum Gasteiger partial charge on any atom is 0.256 e. The van der Waals surface area contributed by atoms with Crippen molar-refractivity contribution >= 4 is 29.4 Å². The summed E-state index contributed by atoms with van der Waals surface area (Å²) in [4.78, 5) is 17.7. The second-order valence-electron chi connectivity index (χ2n) is 6.69. The number of nitrogens with one attached hydrogen (secondary N) is 2. The molecule has 0 radical (unpaired) electrons. The van der Waals surface area contributed by atoms with Crippen LogP contribution in [0.25, 0.3) is 0 Å². The first kappa shape index (κ1) is 15.0. The molecule has 2 N–H and O–H groups in total. The number of fused-ring (bicyclic) bond motifs is 4. The number of carbonyl (C=O) groups excluding carboxylic acids is 1. The topological polar surface area (TPSA) is 59.4 Å². The Balaban J connectivity index is 1.70. The molecule has 0 saturated carbocycles. The third kappa shape index (κ3) is 2.52. The van der Waals surface area contributed by atoms with Crippen LogP contribution in [0, 0.1) is 11.3 Å². The van der Waals surface area contributed by atoms with E-state index in [9.17, 15) is 4.79 Å². The fourth-order valence-electron chi connectivity index (χ4n) is 4.27. The molecule has 1 aromatic rings. The van der Waals surface area contributed by atoms with Crippen LogP contribution in [0.3, 0.4) is 0 Å². The van der Waals surface area contributed by atoms with Crippen LogP contribution in [0.2, 0.25) is 5.02 Å². The van der Waals surface area contributed by atoms with E-state index in [2.05, 4.69) is 10.2 Å². The highest BCUT2D eigenvalue weighted by Gasteiger charge is 2.40. The molecular formula is C17H21ClN4O. The number of piperidine rings is 3. The summed E-state index contributed by atoms with van der Waals surface area (Å²) in [5.74, 6) is 0.668. The zero-order valence-electron chi connectivity index (χ0n) is 13.0. The van der Waals surface area contributed by atoms with Crippen molar-refractivity contribution in [2.24, 2.45) is 5.92 Å². The van der Waals surface area contributed by atoms with Gasteiger partial charge in [0.2, 0.25) is 0 Å². The first-order chi connectivity index (χ1) is 11.2. The first-order valence-corrected chi connectivity index (χ1v) is 8.66. The molecule has 122 valence electrons. The van der Waals surface area contributed by atoms with Crippen molar-refractivity contribution in [3.8, 4) is 0 Å². The van der Waals surface area contributed by atoms with E-state index in [4.69, 9.17) is 17.0 Å². The fourth-order valence-corrected chi connectivity index (χ4v) is 4.50. The van der Waals surface area contributed by atoms with Crippen molar-refractivity contribution in [3.05, 3.63) is 28.3 Å². The number of carbonyl (C=O) groups is 1. The number of hydrogen-bond acceptors (Lipinski definition) is 4. The summed E-state index contributed by atoms with van der Waals surface area (Å²) in [6, 6.07) is 3.77. The van der Waals surface area contributed by atoms with E-state index >= 15 is 0 Å². The van der Waals surface area contributed by atoms with Gasteiger partial charge in [-0.3, -0.25) is 4.79 Å². The van der Waals surface area contributed by atoms with Gasteiger partial charge in [-0.1, -0.05) is 11.6 Å². The summed E-state index contributed by atoms with van der Waals surface area (Å²) < 4.78 is 0. The number of halogens is 1. The highest BCUT2D eigenvalue weighted by molar-refractivity contribution is 6.31. The van der Waals surface area contributed by atoms with Crippen LogP contribution in [-0.4, -0.2) is 60.7 Å². The minimum absolute atomic E-state index is 0.0503. The molecule has 3 fully saturated rings. The summed E-state index contributed by atoms with van der Waals surface area (Å²) >= 11 is 6.17. The molecule has 23 heavy (non-hydrogen) atoms. The molecule has 4 aliphatic rings. The van der Waals surface area contributed by atoms with Crippen LogP contribution in [0.15, 0.2) is 12.1 Å². The molecule has 0 spiro atoms. The van der Waals surface area contributed by atoms with Crippen molar-refractivity contribution < 1.29 is 4.79 Å². The number of benzene rings is 1. The lowest BCUT2D eigenvalue weighted by atomic mass is 9.83. The van der Waals surface area contributed by atoms with E-state index in [0.29, 0.717) is 41.2 Å². The normalized spacial score (nSPS) is 29.7. The van der Waals surface area contributed by atoms with Crippen molar-refractivity contribution in [1.82, 2.24) is 9.80 Å². The number of anilines is 1. The van der Waals surface area contributed by atoms with Crippen molar-refractivity contribution in [2.75, 3.05) is 38.0 Å². The lowest BCUT2D eigenvalue weighted by Crippen LogP contribution is -2.59. The van der Waals surface area contributed by atoms with E-state index in [0.717, 1.165) is 12.2 Å². The van der Waals surface area contributed by atoms with Crippen LogP contribution in [-0.2, 0) is 0 Å². The number of rotatable bonds is 2. The van der Waals surface area contributed by atoms with Crippen molar-refractivity contribution in [1.29, 1.82) is 5.41 Å². The summed E-state index contributed by atoms with van der Waals surface area (Å²) in [5, 5.41) is 11.4. The van der Waals surface area contributed by atoms with Crippen LogP contribution >= 0.6 is 11.6 Å². The molecule has 2 bridgehead atoms. The Bertz CT molecular complexity index is 654. The molecule has 5 rings (SSSR count). The molecule has 1 atom stereocenters. The number of amides is 1. The molecule has 1 unspecified atom stereocenters. The number of hydrogen-bond donors (Lipinski definition) is 2. The second kappa shape index (κ2) is 5.80. The van der Waals surface area contributed by atoms with E-state index in [1.54, 1.807) is 12.1 Å². The maximum absolute atomic E-state index is 13.2. The average Bonchev–Trinajstić information content (AvgIpc) is 2.75. The average molecular weight is 333 g/mol. The molecule has 3 saturated heterocycles. The van der Waals surface area contributed by atoms with E-state index < -0.39 is 0 Å². The smallest absolute Gasteiger partial charge is 0.256 e. The van der Waals surface area contributed by atoms with Crippen molar-refractivity contribution in [3.63, 3.8) is 0 Å². The van der Waals surface area contributed by atoms with Gasteiger partial charge in [-0.05, 0) is 44.0 Å². The summed E-state index contributed by atoms with van der Waals surface area (Å²) in [6.45, 7) is 4.75. The lowest BCUT2D eigenvalue weighted by Gasteiger charge is -2.48. The molecule has 6 heteroatoms. The largest absolute Gasteiger partial charge is 0.382 e. The van der Waals surface area contributed by atoms with Gasteiger partial charge < -0.3 is 20.5 Å². The van der Waals surface area contributed by atoms with Crippen molar-refractivity contribution in [2.45, 2.75) is 18.9 Å². The number of nitrogens with zero attached hydrogens (tertiary/aromatic N) is 2. The fraction of sp³-hybridized carbons (Fsp3) is 0.529. The molecular weight excluding hydrogens is 312 g/mol. The van der Waals surface area contributed by atoms with Gasteiger partial charge in [0, 0.05) is 42.5 Å². The Morgan fingerprint density at radius 2 is 2.04 bits per heavy atom. The predicted octanol–water partition coefficient (Wildman–Crippen LogP) is 2.30. The van der Waals surface area contributed by atoms with Crippen LogP contribution in [0.5, 0.6) is 0 Å². The standard InChI is InChI=1S/C17H21ClN4O/c18-13-7-12(9-19)16-14(8-13)17(23)22(6-3-20-16)15-10-21-4-1-11(15)2-5-21/h7-9,11,15,19-20H,1-6,10H2. The van der Waals surface area contributed by atoms with Gasteiger partial charge in [0.05, 0.1) is 11.3 Å². The van der Waals surface area contributed by atoms with Gasteiger partial charge in [0.15, 0.2) is 0 Å². The van der Waals surface area contributed by atoms with E-state index in [-0.39, 0.29) is 5.91 Å². The summed E-state index contributed by atoms with van der Waals surface area (Å²) in [7, 11) is 0. The third-order valence-electron chi connectivity index (χ3n) is 5.46. The zero-order valence-corrected chi connectivity index (χ0v) is 13.8. The molecule has 4 heterocycles. The van der Waals surface area contributed by atoms with E-state index in [1.165, 1.54) is 32.1 Å². The predicted molar refractivity (Wildman–Crippen MR) is 91.8 cm³/mol. The molecule has 4 aliphatic heterocycles. The zero-order chi connectivity index (χ0) is 16.0. The Labute approximate surface area is 141 Å². The van der Waals surface area contributed by atoms with Crippen LogP contribution < -0.4 is 5.32 Å². The van der Waals surface area contributed by atoms with E-state index in [1.807, 2.05) is 4.90 Å². The lowest BCUT2D eigenvalue weighted by molar-refractivity contribution is 0.00929. The highest BCUT2D eigenvalue weighted by atomic mass is 35.5. The Kier molecular flexibility index (Phi) is 3.77. The van der Waals surface area contributed by atoms with Gasteiger partial charge in [-0.2, -0.15) is 0 Å². The monoisotopic (exact) mass is 332 g/mol. The molecule has 0 aliphatic carbocycles. The van der Waals surface area contributed by atoms with Crippen LogP contribution in [0.4, 0.5) is 5.69 Å². The first-order valence-electron chi connectivity index (χ1n) is 8.28. The van der Waals surface area contributed by atoms with Gasteiger partial charge in [-0.25, -0.2) is 0 Å². The van der Waals surface area contributed by atoms with Gasteiger partial charge in [0.25, 0.3) is 5.91 Å². The van der Waals surface area contributed by atoms with Crippen LogP contribution in [0.1, 0.15) is 28.8 Å². The minimum atomic E-state index is 0.0503. The quantitative estimate of drug-likeness (QED) is 0.817. The second-order valence-corrected chi connectivity index (χ2v) is 7.13. The highest BCUT2D eigenvalue weighted by Crippen LogP contribution is 2.34. The van der Waals surface area contributed by atoms with Gasteiger partial charge in [0.1, 0.15) is 0 Å². The Morgan fingerprint density at radius 3 is 2.70 bits per heavy atom. The SMILES string of the molecule is N=Cc1cc(Cl)cc2c1NCCN(C1CN3CCC1CC3)C2=O. The maximum atomic E-state index is 13.2. The summed E-state index contributed by atoms with van der Waals surface area (Å²) in [6.07, 6.45) is 3.64. The molecule has 1 amide bonds. The minimum Gasteiger partial charge on any atom is -0.382 e. The third-order valence-corrected chi connectivity index (χ3v) is 5.68. The molecule has 1 aromatic carbocycles. The van der Waals surface area contributed by atoms with Gasteiger partial charge >= 0.3 is 0 Å². The molecule has 0 aromatic heterocycles.